The highest BCUT2D eigenvalue weighted by Crippen LogP contribution is 2.23. The summed E-state index contributed by atoms with van der Waals surface area (Å²) in [5.41, 5.74) is 0.819. The van der Waals surface area contributed by atoms with Crippen molar-refractivity contribution >= 4 is 11.8 Å². The van der Waals surface area contributed by atoms with Crippen LogP contribution in [-0.2, 0) is 9.59 Å². The van der Waals surface area contributed by atoms with Crippen molar-refractivity contribution < 1.29 is 14.7 Å². The normalized spacial score (nSPS) is 22.7. The maximum atomic E-state index is 11.4. The van der Waals surface area contributed by atoms with Gasteiger partial charge < -0.3 is 5.11 Å². The zero-order chi connectivity index (χ0) is 9.84. The van der Waals surface area contributed by atoms with E-state index in [0.29, 0.717) is 6.42 Å². The third-order valence-corrected chi connectivity index (χ3v) is 2.31. The van der Waals surface area contributed by atoms with Crippen LogP contribution in [0.2, 0.25) is 0 Å². The number of hydrogen-bond acceptors (Lipinski definition) is 2. The Balaban J connectivity index is 2.64. The summed E-state index contributed by atoms with van der Waals surface area (Å²) in [6.45, 7) is 2.01. The van der Waals surface area contributed by atoms with E-state index in [9.17, 15) is 9.59 Å². The summed E-state index contributed by atoms with van der Waals surface area (Å²) >= 11 is 0. The fourth-order valence-corrected chi connectivity index (χ4v) is 1.54. The van der Waals surface area contributed by atoms with E-state index in [0.717, 1.165) is 18.4 Å². The summed E-state index contributed by atoms with van der Waals surface area (Å²) in [6.07, 6.45) is 4.20. The Morgan fingerprint density at radius 1 is 1.69 bits per heavy atom. The topological polar surface area (TPSA) is 54.4 Å². The van der Waals surface area contributed by atoms with Crippen LogP contribution in [0.4, 0.5) is 0 Å². The van der Waals surface area contributed by atoms with Crippen molar-refractivity contribution in [3.05, 3.63) is 11.6 Å². The lowest BCUT2D eigenvalue weighted by Gasteiger charge is -2.16. The van der Waals surface area contributed by atoms with Crippen molar-refractivity contribution in [2.45, 2.75) is 32.6 Å². The first kappa shape index (κ1) is 9.96. The lowest BCUT2D eigenvalue weighted by atomic mass is 9.87. The molecule has 0 saturated heterocycles. The average molecular weight is 182 g/mol. The molecule has 1 rings (SSSR count). The molecule has 0 radical (unpaired) electrons. The number of hydrogen-bond donors (Lipinski definition) is 1. The molecule has 3 nitrogen and oxygen atoms in total. The molecule has 0 bridgehead atoms. The first-order valence-electron chi connectivity index (χ1n) is 4.60. The number of carboxylic acid groups (broad SMARTS) is 1. The summed E-state index contributed by atoms with van der Waals surface area (Å²) in [7, 11) is 0. The van der Waals surface area contributed by atoms with Gasteiger partial charge in [-0.15, -0.1) is 0 Å². The molecule has 1 atom stereocenters. The summed E-state index contributed by atoms with van der Waals surface area (Å²) in [5, 5.41) is 8.69. The molecule has 72 valence electrons. The molecule has 0 saturated carbocycles. The molecule has 0 aromatic rings. The van der Waals surface area contributed by atoms with E-state index in [1.807, 2.05) is 6.92 Å². The second-order valence-electron chi connectivity index (χ2n) is 3.38. The van der Waals surface area contributed by atoms with E-state index >= 15 is 0 Å². The van der Waals surface area contributed by atoms with Gasteiger partial charge in [0.15, 0.2) is 5.78 Å². The number of aliphatic carboxylic acids is 1. The lowest BCUT2D eigenvalue weighted by molar-refractivity contribution is -0.143. The molecular weight excluding hydrogens is 168 g/mol. The standard InChI is InChI=1S/C10H14O3/c1-2-3-7-4-5-8(10(12)13)6-9(7)11/h4,8H,2-3,5-6H2,1H3,(H,12,13). The molecule has 1 unspecified atom stereocenters. The van der Waals surface area contributed by atoms with Crippen molar-refractivity contribution in [1.29, 1.82) is 0 Å². The monoisotopic (exact) mass is 182 g/mol. The second-order valence-corrected chi connectivity index (χ2v) is 3.38. The fourth-order valence-electron chi connectivity index (χ4n) is 1.54. The number of rotatable bonds is 3. The Hall–Kier alpha value is -1.12. The summed E-state index contributed by atoms with van der Waals surface area (Å²) in [5.74, 6) is -1.34. The van der Waals surface area contributed by atoms with Crippen LogP contribution in [0.15, 0.2) is 11.6 Å². The van der Waals surface area contributed by atoms with Gasteiger partial charge in [0.2, 0.25) is 0 Å². The highest BCUT2D eigenvalue weighted by Gasteiger charge is 2.25. The highest BCUT2D eigenvalue weighted by atomic mass is 16.4. The van der Waals surface area contributed by atoms with Crippen molar-refractivity contribution in [2.75, 3.05) is 0 Å². The van der Waals surface area contributed by atoms with Gasteiger partial charge in [-0.25, -0.2) is 0 Å². The van der Waals surface area contributed by atoms with Crippen molar-refractivity contribution in [3.8, 4) is 0 Å². The number of allylic oxidation sites excluding steroid dienone is 2. The average Bonchev–Trinajstić information content (AvgIpc) is 2.08. The van der Waals surface area contributed by atoms with E-state index in [-0.39, 0.29) is 12.2 Å². The van der Waals surface area contributed by atoms with Gasteiger partial charge in [-0.2, -0.15) is 0 Å². The summed E-state index contributed by atoms with van der Waals surface area (Å²) in [4.78, 5) is 22.0. The van der Waals surface area contributed by atoms with Gasteiger partial charge in [-0.1, -0.05) is 19.4 Å². The Labute approximate surface area is 77.4 Å². The first-order valence-corrected chi connectivity index (χ1v) is 4.60. The SMILES string of the molecule is CCCC1=CCC(C(=O)O)CC1=O. The molecule has 0 heterocycles. The van der Waals surface area contributed by atoms with Crippen LogP contribution in [0, 0.1) is 5.92 Å². The van der Waals surface area contributed by atoms with E-state index in [2.05, 4.69) is 0 Å². The van der Waals surface area contributed by atoms with Crippen LogP contribution in [0.1, 0.15) is 32.6 Å². The number of ketones is 1. The van der Waals surface area contributed by atoms with Crippen LogP contribution in [-0.4, -0.2) is 16.9 Å². The van der Waals surface area contributed by atoms with E-state index in [1.165, 1.54) is 0 Å². The third kappa shape index (κ3) is 2.41. The molecule has 1 N–H and O–H groups in total. The van der Waals surface area contributed by atoms with E-state index in [1.54, 1.807) is 6.08 Å². The first-order chi connectivity index (χ1) is 6.15. The van der Waals surface area contributed by atoms with Crippen molar-refractivity contribution in [3.63, 3.8) is 0 Å². The Bertz CT molecular complexity index is 253. The third-order valence-electron chi connectivity index (χ3n) is 2.31. The Morgan fingerprint density at radius 3 is 2.85 bits per heavy atom. The molecule has 3 heteroatoms. The molecule has 0 aromatic carbocycles. The van der Waals surface area contributed by atoms with Gasteiger partial charge in [0.25, 0.3) is 0 Å². The molecule has 1 aliphatic rings. The fraction of sp³-hybridized carbons (Fsp3) is 0.600. The molecule has 1 aliphatic carbocycles. The van der Waals surface area contributed by atoms with Gasteiger partial charge in [-0.05, 0) is 18.4 Å². The van der Waals surface area contributed by atoms with Crippen molar-refractivity contribution in [2.24, 2.45) is 5.92 Å². The van der Waals surface area contributed by atoms with Crippen LogP contribution in [0.5, 0.6) is 0 Å². The molecule has 0 spiro atoms. The second kappa shape index (κ2) is 4.21. The minimum absolute atomic E-state index is 0.0144. The minimum Gasteiger partial charge on any atom is -0.481 e. The predicted octanol–water partition coefficient (Wildman–Crippen LogP) is 1.78. The Morgan fingerprint density at radius 2 is 2.38 bits per heavy atom. The molecule has 0 amide bonds. The van der Waals surface area contributed by atoms with Gasteiger partial charge in [0, 0.05) is 6.42 Å². The molecule has 13 heavy (non-hydrogen) atoms. The number of carboxylic acids is 1. The van der Waals surface area contributed by atoms with Gasteiger partial charge >= 0.3 is 5.97 Å². The molecule has 0 aromatic heterocycles. The number of carbonyl (C=O) groups excluding carboxylic acids is 1. The zero-order valence-electron chi connectivity index (χ0n) is 7.75. The largest absolute Gasteiger partial charge is 0.481 e. The Kier molecular flexibility index (Phi) is 3.23. The smallest absolute Gasteiger partial charge is 0.307 e. The van der Waals surface area contributed by atoms with E-state index in [4.69, 9.17) is 5.11 Å². The van der Waals surface area contributed by atoms with Gasteiger partial charge in [-0.3, -0.25) is 9.59 Å². The van der Waals surface area contributed by atoms with Gasteiger partial charge in [0.1, 0.15) is 0 Å². The highest BCUT2D eigenvalue weighted by molar-refractivity contribution is 5.98. The maximum Gasteiger partial charge on any atom is 0.307 e. The van der Waals surface area contributed by atoms with Crippen LogP contribution in [0.3, 0.4) is 0 Å². The maximum absolute atomic E-state index is 11.4. The lowest BCUT2D eigenvalue weighted by Crippen LogP contribution is -2.22. The number of Topliss-reactive ketones (excluding diaryl/α,β-unsaturated/α-hetero) is 1. The summed E-state index contributed by atoms with van der Waals surface area (Å²) in [6, 6.07) is 0. The minimum atomic E-state index is -0.861. The zero-order valence-corrected chi connectivity index (χ0v) is 7.75. The van der Waals surface area contributed by atoms with E-state index < -0.39 is 11.9 Å². The predicted molar refractivity (Wildman–Crippen MR) is 48.4 cm³/mol. The quantitative estimate of drug-likeness (QED) is 0.723. The molecule has 0 aliphatic heterocycles. The number of carbonyl (C=O) groups is 2. The molecular formula is C10H14O3. The summed E-state index contributed by atoms with van der Waals surface area (Å²) < 4.78 is 0. The van der Waals surface area contributed by atoms with Crippen LogP contribution < -0.4 is 0 Å². The van der Waals surface area contributed by atoms with Crippen LogP contribution in [0.25, 0.3) is 0 Å². The van der Waals surface area contributed by atoms with Gasteiger partial charge in [0.05, 0.1) is 5.92 Å². The van der Waals surface area contributed by atoms with Crippen molar-refractivity contribution in [1.82, 2.24) is 0 Å². The van der Waals surface area contributed by atoms with Crippen LogP contribution >= 0.6 is 0 Å². The molecule has 0 fully saturated rings.